The summed E-state index contributed by atoms with van der Waals surface area (Å²) in [6, 6.07) is 7.00. The Morgan fingerprint density at radius 2 is 1.86 bits per heavy atom. The van der Waals surface area contributed by atoms with Gasteiger partial charge < -0.3 is 15.1 Å². The normalized spacial score (nSPS) is 19.1. The van der Waals surface area contributed by atoms with Crippen molar-refractivity contribution in [2.75, 3.05) is 23.3 Å². The van der Waals surface area contributed by atoms with Crippen LogP contribution in [-0.4, -0.2) is 55.9 Å². The number of carbonyl (C=O) groups is 1. The number of carbonyl (C=O) groups excluding carboxylic acids is 1. The van der Waals surface area contributed by atoms with E-state index in [2.05, 4.69) is 30.2 Å². The van der Waals surface area contributed by atoms with E-state index in [0.29, 0.717) is 24.5 Å². The lowest BCUT2D eigenvalue weighted by Gasteiger charge is -2.42. The van der Waals surface area contributed by atoms with Crippen LogP contribution in [0.3, 0.4) is 0 Å². The minimum Gasteiger partial charge on any atom is -0.366 e. The molecule has 4 aromatic rings. The molecule has 11 heteroatoms. The Bertz CT molecular complexity index is 1390. The molecule has 184 valence electrons. The molecule has 1 amide bonds. The van der Waals surface area contributed by atoms with Gasteiger partial charge in [-0.05, 0) is 51.0 Å². The number of pyridine rings is 2. The highest BCUT2D eigenvalue weighted by atomic mass is 32.1. The smallest absolute Gasteiger partial charge is 0.256 e. The van der Waals surface area contributed by atoms with Gasteiger partial charge in [-0.3, -0.25) is 4.79 Å². The first-order chi connectivity index (χ1) is 17.4. The van der Waals surface area contributed by atoms with Crippen LogP contribution in [0.5, 0.6) is 0 Å². The molecule has 4 aromatic heterocycles. The number of thiazole rings is 2. The van der Waals surface area contributed by atoms with Crippen LogP contribution in [0.2, 0.25) is 0 Å². The van der Waals surface area contributed by atoms with Crippen LogP contribution < -0.4 is 10.2 Å². The number of fused-ring (bicyclic) bond motifs is 2. The molecule has 0 radical (unpaired) electrons. The highest BCUT2D eigenvalue weighted by Gasteiger charge is 2.43. The van der Waals surface area contributed by atoms with Crippen molar-refractivity contribution < 1.29 is 9.18 Å². The first kappa shape index (κ1) is 23.0. The number of aryl methyl sites for hydroxylation is 2. The molecule has 8 nitrogen and oxygen atoms in total. The van der Waals surface area contributed by atoms with Crippen LogP contribution >= 0.6 is 22.7 Å². The number of nitrogens with zero attached hydrogens (tertiary/aromatic N) is 6. The van der Waals surface area contributed by atoms with Crippen molar-refractivity contribution in [1.82, 2.24) is 24.8 Å². The number of hydrogen-bond donors (Lipinski definition) is 1. The van der Waals surface area contributed by atoms with E-state index >= 15 is 0 Å². The fraction of sp³-hybridized carbons (Fsp3) is 0.320. The molecule has 0 aliphatic carbocycles. The quantitative estimate of drug-likeness (QED) is 0.368. The standard InChI is InChI=1S/C25H24FN7OS2/c1-14-23(36-15(2)29-14)20-13-35-25(30-20)31-22-8-3-16(9-28-22)24(34)33-18-4-5-19(33)12-32(11-18)17-6-7-21(26)27-10-17/h3,6-10,13,18-19H,4-5,11-12H2,1-2H3,(H,28,30,31)/t18-,19?/m0/s1. The Balaban J connectivity index is 1.12. The van der Waals surface area contributed by atoms with Gasteiger partial charge in [-0.25, -0.2) is 19.9 Å². The summed E-state index contributed by atoms with van der Waals surface area (Å²) in [5.41, 5.74) is 3.36. The maximum absolute atomic E-state index is 13.4. The average Bonchev–Trinajstić information content (AvgIpc) is 3.54. The monoisotopic (exact) mass is 521 g/mol. The zero-order chi connectivity index (χ0) is 24.8. The summed E-state index contributed by atoms with van der Waals surface area (Å²) in [6.07, 6.45) is 5.11. The number of piperazine rings is 1. The molecular weight excluding hydrogens is 497 g/mol. The molecule has 0 spiro atoms. The van der Waals surface area contributed by atoms with Crippen LogP contribution in [-0.2, 0) is 0 Å². The molecule has 0 aromatic carbocycles. The van der Waals surface area contributed by atoms with Crippen molar-refractivity contribution in [3.63, 3.8) is 0 Å². The van der Waals surface area contributed by atoms with E-state index in [4.69, 9.17) is 0 Å². The second kappa shape index (κ2) is 9.21. The zero-order valence-corrected chi connectivity index (χ0v) is 21.4. The van der Waals surface area contributed by atoms with Crippen LogP contribution in [0.4, 0.5) is 21.0 Å². The topological polar surface area (TPSA) is 87.1 Å². The fourth-order valence-electron chi connectivity index (χ4n) is 5.06. The maximum Gasteiger partial charge on any atom is 0.256 e. The number of nitrogens with one attached hydrogen (secondary N) is 1. The summed E-state index contributed by atoms with van der Waals surface area (Å²) >= 11 is 3.15. The van der Waals surface area contributed by atoms with Crippen LogP contribution in [0, 0.1) is 19.8 Å². The van der Waals surface area contributed by atoms with Gasteiger partial charge >= 0.3 is 0 Å². The van der Waals surface area contributed by atoms with Crippen molar-refractivity contribution in [2.24, 2.45) is 0 Å². The lowest BCUT2D eigenvalue weighted by Crippen LogP contribution is -2.56. The summed E-state index contributed by atoms with van der Waals surface area (Å²) in [4.78, 5) is 36.1. The van der Waals surface area contributed by atoms with Crippen LogP contribution in [0.1, 0.15) is 33.9 Å². The van der Waals surface area contributed by atoms with Crippen LogP contribution in [0.25, 0.3) is 10.6 Å². The van der Waals surface area contributed by atoms with E-state index in [0.717, 1.165) is 44.9 Å². The summed E-state index contributed by atoms with van der Waals surface area (Å²) in [5, 5.41) is 7.02. The van der Waals surface area contributed by atoms with E-state index in [1.54, 1.807) is 29.8 Å². The first-order valence-corrected chi connectivity index (χ1v) is 13.5. The van der Waals surface area contributed by atoms with Gasteiger partial charge in [-0.2, -0.15) is 4.39 Å². The Morgan fingerprint density at radius 3 is 2.50 bits per heavy atom. The fourth-order valence-corrected chi connectivity index (χ4v) is 6.72. The third-order valence-electron chi connectivity index (χ3n) is 6.68. The van der Waals surface area contributed by atoms with E-state index in [-0.39, 0.29) is 18.0 Å². The van der Waals surface area contributed by atoms with Gasteiger partial charge in [0.1, 0.15) is 5.82 Å². The summed E-state index contributed by atoms with van der Waals surface area (Å²) in [5.74, 6) is 0.161. The second-order valence-electron chi connectivity index (χ2n) is 9.08. The minimum absolute atomic E-state index is 0.00556. The van der Waals surface area contributed by atoms with Gasteiger partial charge in [0.15, 0.2) is 5.13 Å². The number of aromatic nitrogens is 4. The lowest BCUT2D eigenvalue weighted by molar-refractivity contribution is 0.0641. The Hall–Kier alpha value is -3.44. The molecule has 2 atom stereocenters. The number of anilines is 3. The number of rotatable bonds is 5. The van der Waals surface area contributed by atoms with Gasteiger partial charge in [0.2, 0.25) is 5.95 Å². The van der Waals surface area contributed by atoms with Gasteiger partial charge in [-0.1, -0.05) is 0 Å². The van der Waals surface area contributed by atoms with Crippen molar-refractivity contribution in [3.8, 4) is 10.6 Å². The molecule has 2 aliphatic heterocycles. The first-order valence-electron chi connectivity index (χ1n) is 11.8. The van der Waals surface area contributed by atoms with Crippen molar-refractivity contribution in [2.45, 2.75) is 38.8 Å². The number of halogens is 1. The number of hydrogen-bond acceptors (Lipinski definition) is 9. The van der Waals surface area contributed by atoms with E-state index in [1.165, 1.54) is 17.4 Å². The molecule has 6 heterocycles. The maximum atomic E-state index is 13.4. The third kappa shape index (κ3) is 4.33. The van der Waals surface area contributed by atoms with E-state index in [1.807, 2.05) is 36.3 Å². The van der Waals surface area contributed by atoms with Crippen LogP contribution in [0.15, 0.2) is 42.0 Å². The molecule has 2 saturated heterocycles. The summed E-state index contributed by atoms with van der Waals surface area (Å²) in [7, 11) is 0. The predicted molar refractivity (Wildman–Crippen MR) is 140 cm³/mol. The van der Waals surface area contributed by atoms with Crippen molar-refractivity contribution in [1.29, 1.82) is 0 Å². The lowest BCUT2D eigenvalue weighted by atomic mass is 10.1. The molecular formula is C25H24FN7OS2. The van der Waals surface area contributed by atoms with E-state index < -0.39 is 5.95 Å². The highest BCUT2D eigenvalue weighted by molar-refractivity contribution is 7.16. The van der Waals surface area contributed by atoms with Gasteiger partial charge in [0, 0.05) is 36.8 Å². The molecule has 2 aliphatic rings. The van der Waals surface area contributed by atoms with Crippen molar-refractivity contribution in [3.05, 3.63) is 64.3 Å². The molecule has 6 rings (SSSR count). The minimum atomic E-state index is -0.485. The molecule has 0 saturated carbocycles. The van der Waals surface area contributed by atoms with Crippen molar-refractivity contribution >= 4 is 45.2 Å². The highest BCUT2D eigenvalue weighted by Crippen LogP contribution is 2.35. The Labute approximate surface area is 215 Å². The average molecular weight is 522 g/mol. The van der Waals surface area contributed by atoms with Gasteiger partial charge in [-0.15, -0.1) is 22.7 Å². The van der Waals surface area contributed by atoms with Gasteiger partial charge in [0.25, 0.3) is 5.91 Å². The molecule has 2 fully saturated rings. The Morgan fingerprint density at radius 1 is 1.06 bits per heavy atom. The molecule has 1 N–H and O–H groups in total. The SMILES string of the molecule is Cc1nc(C)c(-c2csc(Nc3ccc(C(=O)N4C5CC[C@H]4CN(c4ccc(F)nc4)C5)cn3)n2)s1. The zero-order valence-electron chi connectivity index (χ0n) is 19.8. The molecule has 36 heavy (non-hydrogen) atoms. The second-order valence-corrected chi connectivity index (χ2v) is 11.1. The van der Waals surface area contributed by atoms with Gasteiger partial charge in [0.05, 0.1) is 38.7 Å². The summed E-state index contributed by atoms with van der Waals surface area (Å²) < 4.78 is 13.2. The molecule has 1 unspecified atom stereocenters. The predicted octanol–water partition coefficient (Wildman–Crippen LogP) is 5.05. The van der Waals surface area contributed by atoms with E-state index in [9.17, 15) is 9.18 Å². The number of amides is 1. The largest absolute Gasteiger partial charge is 0.366 e. The third-order valence-corrected chi connectivity index (χ3v) is 8.53. The Kier molecular flexibility index (Phi) is 5.88. The summed E-state index contributed by atoms with van der Waals surface area (Å²) in [6.45, 7) is 5.42. The molecule has 2 bridgehead atoms.